The third-order valence-corrected chi connectivity index (χ3v) is 7.05. The third-order valence-electron chi connectivity index (χ3n) is 7.05. The van der Waals surface area contributed by atoms with E-state index in [0.29, 0.717) is 0 Å². The fraction of sp³-hybridized carbons (Fsp3) is 0.583. The Morgan fingerprint density at radius 2 is 1.67 bits per heavy atom. The second-order valence-electron chi connectivity index (χ2n) is 8.76. The number of aryl methyl sites for hydroxylation is 1. The molecule has 1 spiro atoms. The second kappa shape index (κ2) is 6.92. The number of fused-ring (bicyclic) bond motifs is 4. The maximum atomic E-state index is 5.17. The van der Waals surface area contributed by atoms with Crippen LogP contribution in [0.1, 0.15) is 75.2 Å². The summed E-state index contributed by atoms with van der Waals surface area (Å²) in [6, 6.07) is 9.00. The van der Waals surface area contributed by atoms with Crippen molar-refractivity contribution in [2.45, 2.75) is 76.5 Å². The number of rotatable bonds is 2. The van der Waals surface area contributed by atoms with E-state index in [0.717, 1.165) is 25.3 Å². The van der Waals surface area contributed by atoms with Crippen molar-refractivity contribution in [3.05, 3.63) is 41.2 Å². The number of nitrogens with zero attached hydrogens (tertiary/aromatic N) is 3. The average Bonchev–Trinajstić information content (AvgIpc) is 2.74. The van der Waals surface area contributed by atoms with Crippen molar-refractivity contribution in [3.8, 4) is 11.3 Å². The van der Waals surface area contributed by atoms with Crippen molar-refractivity contribution >= 4 is 5.82 Å². The summed E-state index contributed by atoms with van der Waals surface area (Å²) in [5, 5.41) is 0. The molecule has 5 rings (SSSR count). The molecule has 2 heterocycles. The highest BCUT2D eigenvalue weighted by atomic mass is 15.2. The number of aromatic nitrogens is 2. The summed E-state index contributed by atoms with van der Waals surface area (Å²) in [5.41, 5.74) is 5.86. The predicted octanol–water partition coefficient (Wildman–Crippen LogP) is 5.45. The van der Waals surface area contributed by atoms with Gasteiger partial charge in [0.2, 0.25) is 0 Å². The molecule has 1 aromatic carbocycles. The lowest BCUT2D eigenvalue weighted by molar-refractivity contribution is 0.286. The molecule has 3 heteroatoms. The molecule has 0 radical (unpaired) electrons. The molecule has 3 aliphatic rings. The molecule has 1 saturated heterocycles. The van der Waals surface area contributed by atoms with Gasteiger partial charge in [0.05, 0.1) is 5.69 Å². The summed E-state index contributed by atoms with van der Waals surface area (Å²) in [5.74, 6) is 2.30. The first-order valence-electron chi connectivity index (χ1n) is 11.1. The van der Waals surface area contributed by atoms with Crippen LogP contribution in [0.3, 0.4) is 0 Å². The van der Waals surface area contributed by atoms with E-state index in [1.165, 1.54) is 86.0 Å². The van der Waals surface area contributed by atoms with Crippen molar-refractivity contribution < 1.29 is 0 Å². The summed E-state index contributed by atoms with van der Waals surface area (Å²) >= 11 is 0. The lowest BCUT2D eigenvalue weighted by Crippen LogP contribution is -2.40. The van der Waals surface area contributed by atoms with Gasteiger partial charge in [-0.15, -0.1) is 0 Å². The highest BCUT2D eigenvalue weighted by molar-refractivity contribution is 5.77. The van der Waals surface area contributed by atoms with E-state index in [1.807, 2.05) is 0 Å². The zero-order chi connectivity index (χ0) is 18.3. The summed E-state index contributed by atoms with van der Waals surface area (Å²) < 4.78 is 0. The molecule has 2 fully saturated rings. The summed E-state index contributed by atoms with van der Waals surface area (Å²) in [6.07, 6.45) is 12.7. The van der Waals surface area contributed by atoms with Crippen LogP contribution >= 0.6 is 0 Å². The molecule has 2 aromatic rings. The maximum absolute atomic E-state index is 5.17. The summed E-state index contributed by atoms with van der Waals surface area (Å²) in [4.78, 5) is 12.9. The molecule has 0 bridgehead atoms. The Labute approximate surface area is 163 Å². The Morgan fingerprint density at radius 3 is 2.44 bits per heavy atom. The fourth-order valence-electron chi connectivity index (χ4n) is 5.68. The van der Waals surface area contributed by atoms with Gasteiger partial charge < -0.3 is 4.90 Å². The minimum absolute atomic E-state index is 0.251. The van der Waals surface area contributed by atoms with Gasteiger partial charge in [-0.2, -0.15) is 0 Å². The van der Waals surface area contributed by atoms with E-state index in [2.05, 4.69) is 36.1 Å². The van der Waals surface area contributed by atoms with Crippen molar-refractivity contribution in [1.82, 2.24) is 9.97 Å². The van der Waals surface area contributed by atoms with Crippen LogP contribution in [0.2, 0.25) is 0 Å². The number of hydrogen-bond acceptors (Lipinski definition) is 3. The van der Waals surface area contributed by atoms with Crippen LogP contribution in [0.4, 0.5) is 5.82 Å². The fourth-order valence-corrected chi connectivity index (χ4v) is 5.68. The molecule has 1 aromatic heterocycles. The Kier molecular flexibility index (Phi) is 4.41. The molecule has 0 unspecified atom stereocenters. The number of benzene rings is 1. The molecule has 2 aliphatic carbocycles. The van der Waals surface area contributed by atoms with Crippen LogP contribution in [-0.2, 0) is 18.3 Å². The quantitative estimate of drug-likeness (QED) is 0.712. The Hall–Kier alpha value is -1.90. The lowest BCUT2D eigenvalue weighted by Gasteiger charge is -2.45. The van der Waals surface area contributed by atoms with Gasteiger partial charge in [0.25, 0.3) is 0 Å². The van der Waals surface area contributed by atoms with Crippen LogP contribution in [0, 0.1) is 0 Å². The van der Waals surface area contributed by atoms with Crippen molar-refractivity contribution in [3.63, 3.8) is 0 Å². The van der Waals surface area contributed by atoms with Crippen molar-refractivity contribution in [1.29, 1.82) is 0 Å². The molecular formula is C24H31N3. The van der Waals surface area contributed by atoms with E-state index in [-0.39, 0.29) is 5.41 Å². The highest BCUT2D eigenvalue weighted by Crippen LogP contribution is 2.52. The van der Waals surface area contributed by atoms with Gasteiger partial charge in [0.15, 0.2) is 0 Å². The van der Waals surface area contributed by atoms with Gasteiger partial charge in [-0.3, -0.25) is 0 Å². The molecule has 0 N–H and O–H groups in total. The molecule has 3 nitrogen and oxygen atoms in total. The van der Waals surface area contributed by atoms with Crippen LogP contribution in [0.5, 0.6) is 0 Å². The van der Waals surface area contributed by atoms with Crippen LogP contribution in [0.25, 0.3) is 11.3 Å². The van der Waals surface area contributed by atoms with E-state index < -0.39 is 0 Å². The average molecular weight is 362 g/mol. The summed E-state index contributed by atoms with van der Waals surface area (Å²) in [7, 11) is 0. The SMILES string of the molecule is CCc1nc2c(c(N3CCCCC3)n1)C1(CCCCC1)Cc1ccccc1-2. The Bertz CT molecular complexity index is 830. The first kappa shape index (κ1) is 17.2. The molecule has 142 valence electrons. The predicted molar refractivity (Wildman–Crippen MR) is 111 cm³/mol. The van der Waals surface area contributed by atoms with Crippen LogP contribution in [-0.4, -0.2) is 23.1 Å². The largest absolute Gasteiger partial charge is 0.356 e. The normalized spacial score (nSPS) is 21.0. The Morgan fingerprint density at radius 1 is 0.926 bits per heavy atom. The standard InChI is InChI=1S/C24H31N3/c1-2-20-25-22-19-12-6-5-11-18(19)17-24(13-7-3-8-14-24)21(22)23(26-20)27-15-9-4-10-16-27/h5-6,11-12H,2-4,7-10,13-17H2,1H3. The van der Waals surface area contributed by atoms with Gasteiger partial charge >= 0.3 is 0 Å². The van der Waals surface area contributed by atoms with E-state index in [4.69, 9.17) is 9.97 Å². The van der Waals surface area contributed by atoms with Gasteiger partial charge in [-0.25, -0.2) is 9.97 Å². The van der Waals surface area contributed by atoms with Gasteiger partial charge in [-0.1, -0.05) is 50.5 Å². The van der Waals surface area contributed by atoms with E-state index in [1.54, 1.807) is 0 Å². The lowest BCUT2D eigenvalue weighted by atomic mass is 9.62. The molecule has 0 atom stereocenters. The smallest absolute Gasteiger partial charge is 0.136 e. The zero-order valence-electron chi connectivity index (χ0n) is 16.6. The first-order valence-corrected chi connectivity index (χ1v) is 11.1. The topological polar surface area (TPSA) is 29.0 Å². The summed E-state index contributed by atoms with van der Waals surface area (Å²) in [6.45, 7) is 4.50. The van der Waals surface area contributed by atoms with Gasteiger partial charge in [-0.05, 0) is 44.1 Å². The third kappa shape index (κ3) is 2.86. The van der Waals surface area contributed by atoms with Crippen molar-refractivity contribution in [2.75, 3.05) is 18.0 Å². The van der Waals surface area contributed by atoms with Crippen LogP contribution in [0.15, 0.2) is 24.3 Å². The van der Waals surface area contributed by atoms with E-state index >= 15 is 0 Å². The first-order chi connectivity index (χ1) is 13.3. The molecular weight excluding hydrogens is 330 g/mol. The molecule has 1 aliphatic heterocycles. The van der Waals surface area contributed by atoms with Gasteiger partial charge in [0, 0.05) is 36.1 Å². The Balaban J connectivity index is 1.76. The number of hydrogen-bond donors (Lipinski definition) is 0. The van der Waals surface area contributed by atoms with Gasteiger partial charge in [0.1, 0.15) is 11.6 Å². The van der Waals surface area contributed by atoms with Crippen LogP contribution < -0.4 is 4.90 Å². The number of piperidine rings is 1. The molecule has 0 amide bonds. The number of anilines is 1. The maximum Gasteiger partial charge on any atom is 0.136 e. The van der Waals surface area contributed by atoms with Crippen molar-refractivity contribution in [2.24, 2.45) is 0 Å². The molecule has 27 heavy (non-hydrogen) atoms. The minimum atomic E-state index is 0.251. The highest BCUT2D eigenvalue weighted by Gasteiger charge is 2.43. The second-order valence-corrected chi connectivity index (χ2v) is 8.76. The monoisotopic (exact) mass is 361 g/mol. The van der Waals surface area contributed by atoms with E-state index in [9.17, 15) is 0 Å². The zero-order valence-corrected chi connectivity index (χ0v) is 16.6. The minimum Gasteiger partial charge on any atom is -0.356 e. The molecule has 1 saturated carbocycles.